The third-order valence-corrected chi connectivity index (χ3v) is 11.8. The zero-order valence-electron chi connectivity index (χ0n) is 31.9. The van der Waals surface area contributed by atoms with E-state index in [0.29, 0.717) is 17.5 Å². The van der Waals surface area contributed by atoms with Crippen LogP contribution in [-0.4, -0.2) is 19.5 Å². The molecule has 59 heavy (non-hydrogen) atoms. The Morgan fingerprint density at radius 1 is 0.288 bits per heavy atom. The van der Waals surface area contributed by atoms with Crippen molar-refractivity contribution >= 4 is 64.9 Å². The second kappa shape index (κ2) is 13.3. The predicted octanol–water partition coefficient (Wildman–Crippen LogP) is 14.2. The van der Waals surface area contributed by atoms with Gasteiger partial charge in [0, 0.05) is 33.2 Å². The van der Waals surface area contributed by atoms with Gasteiger partial charge in [0.2, 0.25) is 0 Å². The van der Waals surface area contributed by atoms with Crippen LogP contribution in [0.2, 0.25) is 0 Å². The fraction of sp³-hybridized carbons (Fsp3) is 0. The second-order valence-corrected chi connectivity index (χ2v) is 15.2. The lowest BCUT2D eigenvalue weighted by Crippen LogP contribution is -2.01. The number of fused-ring (bicyclic) bond motifs is 9. The highest BCUT2D eigenvalue weighted by Crippen LogP contribution is 2.40. The maximum absolute atomic E-state index is 5.24. The number of hydrogen-bond donors (Lipinski definition) is 0. The fourth-order valence-corrected chi connectivity index (χ4v) is 8.99. The van der Waals surface area contributed by atoms with Crippen LogP contribution < -0.4 is 0 Å². The molecule has 2 aromatic heterocycles. The maximum Gasteiger partial charge on any atom is 0.164 e. The summed E-state index contributed by atoms with van der Waals surface area (Å²) in [4.78, 5) is 15.5. The third kappa shape index (κ3) is 5.49. The van der Waals surface area contributed by atoms with Crippen LogP contribution >= 0.6 is 0 Å². The number of nitrogens with zero attached hydrogens (tertiary/aromatic N) is 4. The summed E-state index contributed by atoms with van der Waals surface area (Å²) in [6.07, 6.45) is 0. The zero-order chi connectivity index (χ0) is 38.9. The molecule has 2 heterocycles. The first-order valence-corrected chi connectivity index (χ1v) is 20.0. The van der Waals surface area contributed by atoms with E-state index in [1.807, 2.05) is 18.2 Å². The summed E-state index contributed by atoms with van der Waals surface area (Å²) in [6.45, 7) is 0. The first-order chi connectivity index (χ1) is 29.2. The van der Waals surface area contributed by atoms with Crippen LogP contribution in [0.5, 0.6) is 0 Å². The molecular weight excluding hydrogens is 717 g/mol. The van der Waals surface area contributed by atoms with E-state index in [1.165, 1.54) is 54.1 Å². The number of benzene rings is 10. The molecule has 10 aromatic carbocycles. The van der Waals surface area contributed by atoms with Gasteiger partial charge >= 0.3 is 0 Å². The Morgan fingerprint density at radius 2 is 0.864 bits per heavy atom. The minimum Gasteiger partial charge on any atom is -0.309 e. The molecule has 0 saturated carbocycles. The molecule has 0 fully saturated rings. The van der Waals surface area contributed by atoms with Crippen molar-refractivity contribution in [2.24, 2.45) is 0 Å². The van der Waals surface area contributed by atoms with Gasteiger partial charge in [-0.25, -0.2) is 15.0 Å². The Hall–Kier alpha value is -7.95. The van der Waals surface area contributed by atoms with Gasteiger partial charge in [-0.2, -0.15) is 0 Å². The molecule has 4 heteroatoms. The molecule has 0 bridgehead atoms. The van der Waals surface area contributed by atoms with Gasteiger partial charge in [0.05, 0.1) is 11.0 Å². The first kappa shape index (κ1) is 33.2. The normalized spacial score (nSPS) is 11.7. The Morgan fingerprint density at radius 3 is 1.68 bits per heavy atom. The lowest BCUT2D eigenvalue weighted by Gasteiger charge is -2.13. The lowest BCUT2D eigenvalue weighted by molar-refractivity contribution is 1.08. The Bertz CT molecular complexity index is 3620. The number of hydrogen-bond acceptors (Lipinski definition) is 3. The molecule has 12 rings (SSSR count). The largest absolute Gasteiger partial charge is 0.309 e. The molecular formula is C55H34N4. The summed E-state index contributed by atoms with van der Waals surface area (Å²) in [5.74, 6) is 1.92. The van der Waals surface area contributed by atoms with E-state index >= 15 is 0 Å². The van der Waals surface area contributed by atoms with Crippen molar-refractivity contribution in [3.05, 3.63) is 206 Å². The van der Waals surface area contributed by atoms with Crippen LogP contribution in [-0.2, 0) is 0 Å². The molecule has 0 spiro atoms. The smallest absolute Gasteiger partial charge is 0.164 e. The third-order valence-electron chi connectivity index (χ3n) is 11.8. The molecule has 0 aliphatic heterocycles. The first-order valence-electron chi connectivity index (χ1n) is 20.0. The van der Waals surface area contributed by atoms with Gasteiger partial charge in [-0.1, -0.05) is 164 Å². The van der Waals surface area contributed by atoms with Gasteiger partial charge in [-0.05, 0) is 96.7 Å². The average Bonchev–Trinajstić information content (AvgIpc) is 3.64. The summed E-state index contributed by atoms with van der Waals surface area (Å²) in [7, 11) is 0. The SMILES string of the molecule is c1ccc(-c2nc(-c3cccc(-c4cccc(-n5c6cc7ccccc7cc6c6c7ccccc7ccc65)c4)c3)nc(-c3cc4ccccc4c4ccccc34)n2)cc1. The van der Waals surface area contributed by atoms with E-state index in [4.69, 9.17) is 15.0 Å². The van der Waals surface area contributed by atoms with Crippen molar-refractivity contribution in [2.75, 3.05) is 0 Å². The molecule has 0 saturated heterocycles. The van der Waals surface area contributed by atoms with E-state index in [2.05, 4.69) is 193 Å². The van der Waals surface area contributed by atoms with E-state index < -0.39 is 0 Å². The number of rotatable bonds is 5. The maximum atomic E-state index is 5.24. The Balaban J connectivity index is 1.03. The Labute approximate surface area is 340 Å². The van der Waals surface area contributed by atoms with Crippen molar-refractivity contribution < 1.29 is 0 Å². The van der Waals surface area contributed by atoms with Crippen LogP contribution in [0.15, 0.2) is 206 Å². The molecule has 0 amide bonds. The van der Waals surface area contributed by atoms with Crippen LogP contribution in [0.25, 0.3) is 116 Å². The summed E-state index contributed by atoms with van der Waals surface area (Å²) in [5, 5.41) is 12.1. The van der Waals surface area contributed by atoms with Gasteiger partial charge in [-0.15, -0.1) is 0 Å². The minimum absolute atomic E-state index is 0.630. The lowest BCUT2D eigenvalue weighted by atomic mass is 9.97. The molecule has 274 valence electrons. The van der Waals surface area contributed by atoms with E-state index in [-0.39, 0.29) is 0 Å². The molecule has 0 aliphatic carbocycles. The standard InChI is InChI=1S/C55H34N4/c1-2-15-36(16-3-1)53-56-54(58-55(57-53)48-33-41-19-7-8-24-44(41)46-26-10-11-27-47(46)48)42-22-12-20-37(30-42)38-21-13-23-43(31-38)59-50-29-28-35-14-6-9-25-45(35)52(50)49-32-39-17-4-5-18-40(39)34-51(49)59/h1-34H. The average molecular weight is 751 g/mol. The second-order valence-electron chi connectivity index (χ2n) is 15.2. The predicted molar refractivity (Wildman–Crippen MR) is 246 cm³/mol. The van der Waals surface area contributed by atoms with Crippen molar-refractivity contribution in [1.29, 1.82) is 0 Å². The minimum atomic E-state index is 0.630. The molecule has 0 unspecified atom stereocenters. The molecule has 0 radical (unpaired) electrons. The van der Waals surface area contributed by atoms with Gasteiger partial charge in [0.15, 0.2) is 17.5 Å². The van der Waals surface area contributed by atoms with Gasteiger partial charge < -0.3 is 4.57 Å². The van der Waals surface area contributed by atoms with Crippen molar-refractivity contribution in [3.8, 4) is 51.0 Å². The van der Waals surface area contributed by atoms with Crippen molar-refractivity contribution in [3.63, 3.8) is 0 Å². The Kier molecular flexibility index (Phi) is 7.50. The van der Waals surface area contributed by atoms with Crippen molar-refractivity contribution in [2.45, 2.75) is 0 Å². The molecule has 12 aromatic rings. The van der Waals surface area contributed by atoms with Crippen LogP contribution in [0.4, 0.5) is 0 Å². The highest BCUT2D eigenvalue weighted by molar-refractivity contribution is 6.23. The van der Waals surface area contributed by atoms with Crippen LogP contribution in [0, 0.1) is 0 Å². The van der Waals surface area contributed by atoms with E-state index in [0.717, 1.165) is 44.3 Å². The summed E-state index contributed by atoms with van der Waals surface area (Å²) in [6, 6.07) is 73.5. The van der Waals surface area contributed by atoms with E-state index in [1.54, 1.807) is 0 Å². The highest BCUT2D eigenvalue weighted by atomic mass is 15.0. The quantitative estimate of drug-likeness (QED) is 0.165. The topological polar surface area (TPSA) is 43.6 Å². The zero-order valence-corrected chi connectivity index (χ0v) is 31.9. The molecule has 4 nitrogen and oxygen atoms in total. The van der Waals surface area contributed by atoms with Gasteiger partial charge in [0.1, 0.15) is 0 Å². The summed E-state index contributed by atoms with van der Waals surface area (Å²) >= 11 is 0. The monoisotopic (exact) mass is 750 g/mol. The fourth-order valence-electron chi connectivity index (χ4n) is 8.99. The molecule has 0 N–H and O–H groups in total. The summed E-state index contributed by atoms with van der Waals surface area (Å²) < 4.78 is 2.43. The van der Waals surface area contributed by atoms with Gasteiger partial charge in [0.25, 0.3) is 0 Å². The van der Waals surface area contributed by atoms with Crippen LogP contribution in [0.1, 0.15) is 0 Å². The molecule has 0 atom stereocenters. The highest BCUT2D eigenvalue weighted by Gasteiger charge is 2.19. The summed E-state index contributed by atoms with van der Waals surface area (Å²) in [5.41, 5.74) is 8.53. The van der Waals surface area contributed by atoms with E-state index in [9.17, 15) is 0 Å². The number of aromatic nitrogens is 4. The van der Waals surface area contributed by atoms with Crippen molar-refractivity contribution in [1.82, 2.24) is 19.5 Å². The van der Waals surface area contributed by atoms with Gasteiger partial charge in [-0.3, -0.25) is 0 Å². The molecule has 0 aliphatic rings. The van der Waals surface area contributed by atoms with Crippen LogP contribution in [0.3, 0.4) is 0 Å².